The Bertz CT molecular complexity index is 341. The van der Waals surface area contributed by atoms with Crippen LogP contribution in [0.3, 0.4) is 0 Å². The number of ether oxygens (including phenoxy) is 1. The van der Waals surface area contributed by atoms with Crippen LogP contribution in [-0.4, -0.2) is 24.7 Å². The van der Waals surface area contributed by atoms with Crippen LogP contribution in [0.2, 0.25) is 0 Å². The Kier molecular flexibility index (Phi) is 3.91. The maximum Gasteiger partial charge on any atom is 0.250 e. The number of carbonyl (C=O) groups is 1. The molecule has 0 heterocycles. The third-order valence-corrected chi connectivity index (χ3v) is 2.00. The fraction of sp³-hybridized carbons (Fsp3) is 0.222. The fourth-order valence-electron chi connectivity index (χ4n) is 0.926. The molecule has 0 atom stereocenters. The number of hydrogen-bond donors (Lipinski definition) is 2. The first-order valence-corrected chi connectivity index (χ1v) is 4.70. The molecule has 0 fully saturated rings. The summed E-state index contributed by atoms with van der Waals surface area (Å²) in [5.41, 5.74) is 0.362. The van der Waals surface area contributed by atoms with Crippen molar-refractivity contribution >= 4 is 27.5 Å². The largest absolute Gasteiger partial charge is 0.506 e. The number of hydrogen-bond acceptors (Lipinski definition) is 3. The number of phenolic OH excluding ortho intramolecular Hbond substituents is 1. The van der Waals surface area contributed by atoms with E-state index in [0.29, 0.717) is 5.69 Å². The number of methoxy groups -OCH3 is 1. The lowest BCUT2D eigenvalue weighted by Crippen LogP contribution is -2.17. The van der Waals surface area contributed by atoms with Crippen molar-refractivity contribution in [3.63, 3.8) is 0 Å². The van der Waals surface area contributed by atoms with Crippen LogP contribution in [0.1, 0.15) is 0 Å². The average Bonchev–Trinajstić information content (AvgIpc) is 2.12. The van der Waals surface area contributed by atoms with E-state index in [1.807, 2.05) is 0 Å². The highest BCUT2D eigenvalue weighted by molar-refractivity contribution is 9.10. The van der Waals surface area contributed by atoms with E-state index in [0.717, 1.165) is 4.47 Å². The van der Waals surface area contributed by atoms with Crippen LogP contribution in [0.4, 0.5) is 5.69 Å². The molecule has 0 bridgehead atoms. The van der Waals surface area contributed by atoms with Gasteiger partial charge in [0.2, 0.25) is 5.91 Å². The molecule has 0 unspecified atom stereocenters. The minimum absolute atomic E-state index is 0.0256. The number of rotatable bonds is 3. The molecule has 14 heavy (non-hydrogen) atoms. The van der Waals surface area contributed by atoms with Crippen LogP contribution in [0.25, 0.3) is 0 Å². The zero-order valence-electron chi connectivity index (χ0n) is 7.58. The molecule has 0 radical (unpaired) electrons. The average molecular weight is 260 g/mol. The van der Waals surface area contributed by atoms with Gasteiger partial charge in [-0.2, -0.15) is 0 Å². The lowest BCUT2D eigenvalue weighted by molar-refractivity contribution is -0.119. The first-order valence-electron chi connectivity index (χ1n) is 3.91. The van der Waals surface area contributed by atoms with Gasteiger partial charge in [-0.25, -0.2) is 0 Å². The molecule has 0 aliphatic carbocycles. The molecule has 76 valence electrons. The summed E-state index contributed by atoms with van der Waals surface area (Å²) < 4.78 is 5.42. The summed E-state index contributed by atoms with van der Waals surface area (Å²) in [5.74, 6) is -0.279. The van der Waals surface area contributed by atoms with Crippen LogP contribution in [0.5, 0.6) is 5.75 Å². The van der Waals surface area contributed by atoms with E-state index >= 15 is 0 Å². The maximum absolute atomic E-state index is 11.1. The number of carbonyl (C=O) groups excluding carboxylic acids is 1. The van der Waals surface area contributed by atoms with Crippen molar-refractivity contribution in [2.45, 2.75) is 0 Å². The van der Waals surface area contributed by atoms with Gasteiger partial charge in [-0.3, -0.25) is 4.79 Å². The quantitative estimate of drug-likeness (QED) is 0.814. The minimum Gasteiger partial charge on any atom is -0.506 e. The second-order valence-corrected chi connectivity index (χ2v) is 3.56. The molecule has 1 amide bonds. The van der Waals surface area contributed by atoms with E-state index in [-0.39, 0.29) is 18.3 Å². The van der Waals surface area contributed by atoms with E-state index in [4.69, 9.17) is 0 Å². The molecule has 0 saturated heterocycles. The lowest BCUT2D eigenvalue weighted by Gasteiger charge is -2.06. The van der Waals surface area contributed by atoms with Gasteiger partial charge in [0.1, 0.15) is 12.4 Å². The highest BCUT2D eigenvalue weighted by atomic mass is 79.9. The maximum atomic E-state index is 11.1. The summed E-state index contributed by atoms with van der Waals surface area (Å²) in [4.78, 5) is 11.1. The monoisotopic (exact) mass is 259 g/mol. The van der Waals surface area contributed by atoms with Crippen molar-refractivity contribution < 1.29 is 14.6 Å². The molecule has 2 N–H and O–H groups in total. The van der Waals surface area contributed by atoms with Crippen LogP contribution in [0.15, 0.2) is 22.7 Å². The second kappa shape index (κ2) is 4.97. The van der Waals surface area contributed by atoms with Crippen LogP contribution < -0.4 is 5.32 Å². The first kappa shape index (κ1) is 11.0. The van der Waals surface area contributed by atoms with Crippen molar-refractivity contribution in [2.24, 2.45) is 0 Å². The SMILES string of the molecule is COCC(=O)Nc1cc(Br)ccc1O. The second-order valence-electron chi connectivity index (χ2n) is 2.64. The Hall–Kier alpha value is -1.07. The molecular weight excluding hydrogens is 250 g/mol. The Labute approximate surface area is 90.0 Å². The van der Waals surface area contributed by atoms with Crippen LogP contribution >= 0.6 is 15.9 Å². The molecule has 1 aromatic carbocycles. The molecular formula is C9H10BrNO3. The molecule has 0 spiro atoms. The summed E-state index contributed by atoms with van der Waals surface area (Å²) in [7, 11) is 1.43. The van der Waals surface area contributed by atoms with Crippen molar-refractivity contribution in [3.05, 3.63) is 22.7 Å². The van der Waals surface area contributed by atoms with Gasteiger partial charge in [0.15, 0.2) is 0 Å². The first-order chi connectivity index (χ1) is 6.63. The van der Waals surface area contributed by atoms with Gasteiger partial charge in [0, 0.05) is 11.6 Å². The Morgan fingerprint density at radius 2 is 2.36 bits per heavy atom. The normalized spacial score (nSPS) is 9.86. The van der Waals surface area contributed by atoms with E-state index in [9.17, 15) is 9.90 Å². The zero-order valence-corrected chi connectivity index (χ0v) is 9.17. The molecule has 0 aromatic heterocycles. The summed E-state index contributed by atoms with van der Waals surface area (Å²) in [6.45, 7) is -0.0358. The van der Waals surface area contributed by atoms with Crippen LogP contribution in [0, 0.1) is 0 Å². The summed E-state index contributed by atoms with van der Waals surface area (Å²) in [5, 5.41) is 11.9. The Morgan fingerprint density at radius 1 is 1.64 bits per heavy atom. The van der Waals surface area contributed by atoms with Crippen molar-refractivity contribution in [1.29, 1.82) is 0 Å². The number of anilines is 1. The van der Waals surface area contributed by atoms with Gasteiger partial charge >= 0.3 is 0 Å². The van der Waals surface area contributed by atoms with E-state index in [1.54, 1.807) is 12.1 Å². The molecule has 4 nitrogen and oxygen atoms in total. The third kappa shape index (κ3) is 3.01. The molecule has 1 aromatic rings. The molecule has 0 saturated carbocycles. The number of aromatic hydroxyl groups is 1. The zero-order chi connectivity index (χ0) is 10.6. The van der Waals surface area contributed by atoms with Gasteiger partial charge < -0.3 is 15.2 Å². The number of benzene rings is 1. The third-order valence-electron chi connectivity index (χ3n) is 1.51. The van der Waals surface area contributed by atoms with E-state index in [1.165, 1.54) is 13.2 Å². The van der Waals surface area contributed by atoms with Crippen molar-refractivity contribution in [3.8, 4) is 5.75 Å². The van der Waals surface area contributed by atoms with E-state index < -0.39 is 0 Å². The number of amides is 1. The Morgan fingerprint density at radius 3 is 3.00 bits per heavy atom. The predicted molar refractivity (Wildman–Crippen MR) is 56.3 cm³/mol. The number of nitrogens with one attached hydrogen (secondary N) is 1. The van der Waals surface area contributed by atoms with Gasteiger partial charge in [-0.05, 0) is 18.2 Å². The smallest absolute Gasteiger partial charge is 0.250 e. The number of halogens is 1. The number of phenols is 1. The van der Waals surface area contributed by atoms with Gasteiger partial charge in [0.25, 0.3) is 0 Å². The lowest BCUT2D eigenvalue weighted by atomic mass is 10.3. The predicted octanol–water partition coefficient (Wildman–Crippen LogP) is 1.74. The highest BCUT2D eigenvalue weighted by Crippen LogP contribution is 2.26. The summed E-state index contributed by atoms with van der Waals surface area (Å²) >= 11 is 3.23. The molecule has 5 heteroatoms. The fourth-order valence-corrected chi connectivity index (χ4v) is 1.29. The summed E-state index contributed by atoms with van der Waals surface area (Å²) in [6.07, 6.45) is 0. The van der Waals surface area contributed by atoms with E-state index in [2.05, 4.69) is 26.0 Å². The Balaban J connectivity index is 2.75. The minimum atomic E-state index is -0.305. The standard InChI is InChI=1S/C9H10BrNO3/c1-14-5-9(13)11-7-4-6(10)2-3-8(7)12/h2-4,12H,5H2,1H3,(H,11,13). The van der Waals surface area contributed by atoms with Gasteiger partial charge in [-0.1, -0.05) is 15.9 Å². The highest BCUT2D eigenvalue weighted by Gasteiger charge is 2.05. The molecule has 0 aliphatic rings. The van der Waals surface area contributed by atoms with Gasteiger partial charge in [0.05, 0.1) is 5.69 Å². The molecule has 0 aliphatic heterocycles. The van der Waals surface area contributed by atoms with Crippen LogP contribution in [-0.2, 0) is 9.53 Å². The topological polar surface area (TPSA) is 58.6 Å². The van der Waals surface area contributed by atoms with Gasteiger partial charge in [-0.15, -0.1) is 0 Å². The summed E-state index contributed by atoms with van der Waals surface area (Å²) in [6, 6.07) is 4.79. The van der Waals surface area contributed by atoms with Crippen molar-refractivity contribution in [1.82, 2.24) is 0 Å². The molecule has 1 rings (SSSR count). The van der Waals surface area contributed by atoms with Crippen molar-refractivity contribution in [2.75, 3.05) is 19.0 Å².